The molecule has 2 amide bonds. The molecule has 25 heavy (non-hydrogen) atoms. The van der Waals surface area contributed by atoms with Crippen LogP contribution in [0.5, 0.6) is 0 Å². The maximum Gasteiger partial charge on any atom is 0.254 e. The number of rotatable bonds is 3. The summed E-state index contributed by atoms with van der Waals surface area (Å²) in [6.45, 7) is -0.0769. The molecule has 1 aromatic carbocycles. The lowest BCUT2D eigenvalue weighted by molar-refractivity contribution is -0.117. The van der Waals surface area contributed by atoms with Crippen LogP contribution >= 0.6 is 15.9 Å². The Hall–Kier alpha value is -2.35. The molecule has 6 nitrogen and oxygen atoms in total. The average molecular weight is 405 g/mol. The van der Waals surface area contributed by atoms with E-state index in [0.717, 1.165) is 35.3 Å². The fourth-order valence-electron chi connectivity index (χ4n) is 3.38. The van der Waals surface area contributed by atoms with Gasteiger partial charge in [0.15, 0.2) is 5.82 Å². The van der Waals surface area contributed by atoms with Crippen LogP contribution in [-0.2, 0) is 4.79 Å². The normalized spacial score (nSPS) is 21.2. The van der Waals surface area contributed by atoms with Crippen molar-refractivity contribution in [1.29, 1.82) is 0 Å². The summed E-state index contributed by atoms with van der Waals surface area (Å²) in [4.78, 5) is 34.1. The Labute approximate surface area is 151 Å². The van der Waals surface area contributed by atoms with Crippen molar-refractivity contribution >= 4 is 33.7 Å². The number of fused-ring (bicyclic) bond motifs is 1. The van der Waals surface area contributed by atoms with Crippen LogP contribution in [-0.4, -0.2) is 39.3 Å². The summed E-state index contributed by atoms with van der Waals surface area (Å²) in [5.74, 6) is -0.741. The molecule has 0 spiro atoms. The van der Waals surface area contributed by atoms with Crippen LogP contribution in [0.2, 0.25) is 0 Å². The molecular weight excluding hydrogens is 391 g/mol. The monoisotopic (exact) mass is 404 g/mol. The van der Waals surface area contributed by atoms with Gasteiger partial charge in [-0.2, -0.15) is 0 Å². The van der Waals surface area contributed by atoms with Gasteiger partial charge in [-0.15, -0.1) is 0 Å². The highest BCUT2D eigenvalue weighted by Gasteiger charge is 2.43. The number of nitrogens with one attached hydrogen (secondary N) is 1. The lowest BCUT2D eigenvalue weighted by Crippen LogP contribution is -2.47. The number of carbonyl (C=O) groups is 2. The van der Waals surface area contributed by atoms with Crippen LogP contribution in [0.25, 0.3) is 0 Å². The summed E-state index contributed by atoms with van der Waals surface area (Å²) < 4.78 is 13.8. The van der Waals surface area contributed by atoms with E-state index >= 15 is 0 Å². The minimum atomic E-state index is -0.580. The van der Waals surface area contributed by atoms with Crippen molar-refractivity contribution < 1.29 is 14.0 Å². The van der Waals surface area contributed by atoms with Crippen LogP contribution in [0.1, 0.15) is 34.7 Å². The van der Waals surface area contributed by atoms with E-state index in [4.69, 9.17) is 0 Å². The van der Waals surface area contributed by atoms with Crippen molar-refractivity contribution in [3.63, 3.8) is 0 Å². The molecule has 2 aromatic rings. The van der Waals surface area contributed by atoms with Gasteiger partial charge in [0.1, 0.15) is 6.54 Å². The van der Waals surface area contributed by atoms with Gasteiger partial charge in [0.2, 0.25) is 11.9 Å². The van der Waals surface area contributed by atoms with E-state index < -0.39 is 11.7 Å². The quantitative estimate of drug-likeness (QED) is 0.852. The van der Waals surface area contributed by atoms with Crippen LogP contribution in [0, 0.1) is 5.82 Å². The van der Waals surface area contributed by atoms with Crippen molar-refractivity contribution in [1.82, 2.24) is 14.9 Å². The molecule has 5 rings (SSSR count). The topological polar surface area (TPSA) is 75.2 Å². The van der Waals surface area contributed by atoms with Crippen molar-refractivity contribution in [2.75, 3.05) is 11.9 Å². The van der Waals surface area contributed by atoms with Gasteiger partial charge in [-0.1, -0.05) is 15.9 Å². The molecule has 0 saturated heterocycles. The molecule has 1 saturated carbocycles. The molecule has 1 aromatic heterocycles. The molecular formula is C17H14BrFN4O2. The van der Waals surface area contributed by atoms with Gasteiger partial charge >= 0.3 is 0 Å². The molecule has 2 bridgehead atoms. The molecule has 0 atom stereocenters. The Morgan fingerprint density at radius 2 is 2.04 bits per heavy atom. The first-order valence-corrected chi connectivity index (χ1v) is 8.68. The molecule has 1 aliphatic carbocycles. The highest BCUT2D eigenvalue weighted by Crippen LogP contribution is 2.45. The van der Waals surface area contributed by atoms with E-state index in [9.17, 15) is 14.0 Å². The molecule has 0 radical (unpaired) electrons. The molecule has 1 fully saturated rings. The highest BCUT2D eigenvalue weighted by molar-refractivity contribution is 9.10. The first kappa shape index (κ1) is 16.1. The number of amides is 2. The van der Waals surface area contributed by atoms with E-state index in [1.807, 2.05) is 12.1 Å². The van der Waals surface area contributed by atoms with E-state index in [0.29, 0.717) is 11.5 Å². The third-order valence-corrected chi connectivity index (χ3v) is 5.18. The Morgan fingerprint density at radius 1 is 1.32 bits per heavy atom. The summed E-state index contributed by atoms with van der Waals surface area (Å²) in [6.07, 6.45) is 3.67. The molecule has 128 valence electrons. The van der Waals surface area contributed by atoms with Gasteiger partial charge in [0.05, 0.1) is 12.4 Å². The number of hydrogen-bond donors (Lipinski definition) is 1. The lowest BCUT2D eigenvalue weighted by Gasteiger charge is -2.39. The first-order chi connectivity index (χ1) is 12.0. The zero-order chi connectivity index (χ0) is 17.6. The minimum Gasteiger partial charge on any atom is -0.326 e. The number of carbonyl (C=O) groups excluding carboxylic acids is 2. The van der Waals surface area contributed by atoms with Crippen molar-refractivity contribution in [2.45, 2.75) is 24.8 Å². The predicted octanol–water partition coefficient (Wildman–Crippen LogP) is 2.72. The summed E-state index contributed by atoms with van der Waals surface area (Å²) in [5.41, 5.74) is 1.69. The van der Waals surface area contributed by atoms with Crippen molar-refractivity contribution in [2.24, 2.45) is 0 Å². The van der Waals surface area contributed by atoms with Gasteiger partial charge in [0, 0.05) is 16.1 Å². The standard InChI is InChI=1S/C17H14BrFN4O2/c18-10-1-2-13-14(5-10)9-3-12(4-9)23(16(13)25)8-15(24)22-17-20-6-11(19)7-21-17/h1-2,5-7,9,12H,3-4,8H2,(H,20,21,22,24). The molecule has 0 unspecified atom stereocenters. The third kappa shape index (κ3) is 3.02. The summed E-state index contributed by atoms with van der Waals surface area (Å²) in [5, 5.41) is 2.50. The first-order valence-electron chi connectivity index (χ1n) is 7.89. The third-order valence-electron chi connectivity index (χ3n) is 4.68. The number of benzene rings is 1. The number of anilines is 1. The van der Waals surface area contributed by atoms with Crippen LogP contribution in [0.4, 0.5) is 10.3 Å². The fourth-order valence-corrected chi connectivity index (χ4v) is 3.76. The summed E-state index contributed by atoms with van der Waals surface area (Å²) in [7, 11) is 0. The average Bonchev–Trinajstić information content (AvgIpc) is 2.71. The SMILES string of the molecule is O=C(CN1C(=O)c2ccc(Br)cc2C2CC1C2)Nc1ncc(F)cn1. The number of hydrogen-bond acceptors (Lipinski definition) is 4. The molecule has 2 aliphatic heterocycles. The number of nitrogens with zero attached hydrogens (tertiary/aromatic N) is 3. The van der Waals surface area contributed by atoms with Crippen molar-refractivity contribution in [3.05, 3.63) is 52.0 Å². The molecule has 1 N–H and O–H groups in total. The smallest absolute Gasteiger partial charge is 0.254 e. The summed E-state index contributed by atoms with van der Waals surface area (Å²) >= 11 is 3.45. The minimum absolute atomic E-state index is 0.0180. The number of halogens is 2. The second-order valence-corrected chi connectivity index (χ2v) is 7.18. The molecule has 3 heterocycles. The van der Waals surface area contributed by atoms with Gasteiger partial charge in [0.25, 0.3) is 5.91 Å². The Morgan fingerprint density at radius 3 is 2.76 bits per heavy atom. The largest absolute Gasteiger partial charge is 0.326 e. The van der Waals surface area contributed by atoms with Crippen LogP contribution in [0.15, 0.2) is 35.1 Å². The van der Waals surface area contributed by atoms with E-state index in [2.05, 4.69) is 31.2 Å². The molecule has 3 aliphatic rings. The Bertz CT molecular complexity index is 852. The Kier molecular flexibility index (Phi) is 3.99. The Balaban J connectivity index is 1.52. The van der Waals surface area contributed by atoms with Gasteiger partial charge < -0.3 is 4.90 Å². The van der Waals surface area contributed by atoms with Gasteiger partial charge in [-0.3, -0.25) is 14.9 Å². The zero-order valence-corrected chi connectivity index (χ0v) is 14.7. The predicted molar refractivity (Wildman–Crippen MR) is 91.6 cm³/mol. The maximum atomic E-state index is 12.9. The van der Waals surface area contributed by atoms with E-state index in [-0.39, 0.29) is 24.4 Å². The second kappa shape index (κ2) is 6.18. The highest BCUT2D eigenvalue weighted by atomic mass is 79.9. The zero-order valence-electron chi connectivity index (χ0n) is 13.1. The van der Waals surface area contributed by atoms with Gasteiger partial charge in [-0.05, 0) is 42.5 Å². The maximum absolute atomic E-state index is 12.9. The molecule has 8 heteroatoms. The fraction of sp³-hybridized carbons (Fsp3) is 0.294. The summed E-state index contributed by atoms with van der Waals surface area (Å²) in [6, 6.07) is 5.69. The second-order valence-electron chi connectivity index (χ2n) is 6.26. The van der Waals surface area contributed by atoms with Gasteiger partial charge in [-0.25, -0.2) is 14.4 Å². The number of aromatic nitrogens is 2. The van der Waals surface area contributed by atoms with Crippen LogP contribution in [0.3, 0.4) is 0 Å². The van der Waals surface area contributed by atoms with E-state index in [1.165, 1.54) is 0 Å². The lowest BCUT2D eigenvalue weighted by atomic mass is 9.76. The van der Waals surface area contributed by atoms with Crippen LogP contribution < -0.4 is 5.32 Å². The van der Waals surface area contributed by atoms with E-state index in [1.54, 1.807) is 11.0 Å². The van der Waals surface area contributed by atoms with Crippen molar-refractivity contribution in [3.8, 4) is 0 Å².